The molecule has 1 aromatic carbocycles. The summed E-state index contributed by atoms with van der Waals surface area (Å²) in [4.78, 5) is 0. The highest BCUT2D eigenvalue weighted by Crippen LogP contribution is 2.18. The fourth-order valence-electron chi connectivity index (χ4n) is 1.89. The lowest BCUT2D eigenvalue weighted by molar-refractivity contribution is 0.792. The summed E-state index contributed by atoms with van der Waals surface area (Å²) in [5.41, 5.74) is 3.95. The van der Waals surface area contributed by atoms with Gasteiger partial charge in [0, 0.05) is 18.3 Å². The predicted octanol–water partition coefficient (Wildman–Crippen LogP) is 2.08. The molecule has 1 aliphatic rings. The smallest absolute Gasteiger partial charge is 0.0398 e. The minimum absolute atomic E-state index is 0.607. The molecule has 2 heteroatoms. The molecule has 1 aromatic rings. The molecule has 76 valence electrons. The Labute approximate surface area is 85.7 Å². The van der Waals surface area contributed by atoms with Gasteiger partial charge in [0.2, 0.25) is 0 Å². The summed E-state index contributed by atoms with van der Waals surface area (Å²) in [6.45, 7) is 6.53. The van der Waals surface area contributed by atoms with Crippen molar-refractivity contribution < 1.29 is 0 Å². The monoisotopic (exact) mass is 190 g/mol. The van der Waals surface area contributed by atoms with E-state index in [9.17, 15) is 0 Å². The normalized spacial score (nSPS) is 21.1. The molecule has 0 amide bonds. The maximum absolute atomic E-state index is 3.59. The second-order valence-corrected chi connectivity index (χ2v) is 4.15. The first-order valence-electron chi connectivity index (χ1n) is 5.30. The Balaban J connectivity index is 2.10. The van der Waals surface area contributed by atoms with Crippen LogP contribution in [0.2, 0.25) is 0 Å². The zero-order valence-electron chi connectivity index (χ0n) is 8.93. The van der Waals surface area contributed by atoms with Gasteiger partial charge < -0.3 is 10.6 Å². The van der Waals surface area contributed by atoms with Gasteiger partial charge in [0.05, 0.1) is 0 Å². The molecule has 1 heterocycles. The Hall–Kier alpha value is -1.02. The predicted molar refractivity (Wildman–Crippen MR) is 60.8 cm³/mol. The third-order valence-corrected chi connectivity index (χ3v) is 2.81. The van der Waals surface area contributed by atoms with Gasteiger partial charge >= 0.3 is 0 Å². The average Bonchev–Trinajstić information content (AvgIpc) is 2.64. The number of hydrogen-bond donors (Lipinski definition) is 2. The first kappa shape index (κ1) is 9.53. The van der Waals surface area contributed by atoms with E-state index in [1.807, 2.05) is 0 Å². The van der Waals surface area contributed by atoms with Crippen molar-refractivity contribution in [2.75, 3.05) is 18.4 Å². The quantitative estimate of drug-likeness (QED) is 0.746. The molecule has 2 nitrogen and oxygen atoms in total. The van der Waals surface area contributed by atoms with Gasteiger partial charge in [0.15, 0.2) is 0 Å². The zero-order chi connectivity index (χ0) is 9.97. The Morgan fingerprint density at radius 1 is 1.36 bits per heavy atom. The van der Waals surface area contributed by atoms with Crippen molar-refractivity contribution in [2.24, 2.45) is 0 Å². The van der Waals surface area contributed by atoms with Crippen LogP contribution < -0.4 is 10.6 Å². The van der Waals surface area contributed by atoms with Crippen molar-refractivity contribution >= 4 is 5.69 Å². The van der Waals surface area contributed by atoms with E-state index in [1.165, 1.54) is 23.2 Å². The molecule has 1 atom stereocenters. The highest BCUT2D eigenvalue weighted by atomic mass is 15.0. The third-order valence-electron chi connectivity index (χ3n) is 2.81. The molecule has 1 unspecified atom stereocenters. The molecule has 1 saturated heterocycles. The van der Waals surface area contributed by atoms with Crippen molar-refractivity contribution in [2.45, 2.75) is 26.3 Å². The van der Waals surface area contributed by atoms with E-state index >= 15 is 0 Å². The Bertz CT molecular complexity index is 314. The molecule has 14 heavy (non-hydrogen) atoms. The number of benzene rings is 1. The topological polar surface area (TPSA) is 24.1 Å². The Morgan fingerprint density at radius 2 is 2.21 bits per heavy atom. The van der Waals surface area contributed by atoms with Crippen LogP contribution in [-0.2, 0) is 0 Å². The summed E-state index contributed by atoms with van der Waals surface area (Å²) in [6.07, 6.45) is 1.23. The minimum atomic E-state index is 0.607. The number of anilines is 1. The average molecular weight is 190 g/mol. The molecule has 0 radical (unpaired) electrons. The van der Waals surface area contributed by atoms with Crippen LogP contribution in [0.15, 0.2) is 18.2 Å². The largest absolute Gasteiger partial charge is 0.381 e. The number of rotatable bonds is 2. The van der Waals surface area contributed by atoms with Gasteiger partial charge in [-0.3, -0.25) is 0 Å². The Kier molecular flexibility index (Phi) is 2.73. The van der Waals surface area contributed by atoms with Crippen LogP contribution in [0.1, 0.15) is 17.5 Å². The highest BCUT2D eigenvalue weighted by Gasteiger charge is 2.14. The molecular weight excluding hydrogens is 172 g/mol. The molecule has 0 aromatic heterocycles. The van der Waals surface area contributed by atoms with Crippen LogP contribution in [-0.4, -0.2) is 19.1 Å². The number of aryl methyl sites for hydroxylation is 2. The molecule has 0 bridgehead atoms. The molecule has 0 spiro atoms. The molecule has 1 fully saturated rings. The van der Waals surface area contributed by atoms with Crippen LogP contribution >= 0.6 is 0 Å². The van der Waals surface area contributed by atoms with E-state index in [-0.39, 0.29) is 0 Å². The first-order valence-corrected chi connectivity index (χ1v) is 5.30. The van der Waals surface area contributed by atoms with Crippen LogP contribution in [0.4, 0.5) is 5.69 Å². The van der Waals surface area contributed by atoms with Gasteiger partial charge in [-0.25, -0.2) is 0 Å². The van der Waals surface area contributed by atoms with Gasteiger partial charge in [0.25, 0.3) is 0 Å². The lowest BCUT2D eigenvalue weighted by atomic mass is 10.1. The minimum Gasteiger partial charge on any atom is -0.381 e. The number of nitrogens with one attached hydrogen (secondary N) is 2. The third kappa shape index (κ3) is 2.07. The van der Waals surface area contributed by atoms with Gasteiger partial charge in [-0.15, -0.1) is 0 Å². The zero-order valence-corrected chi connectivity index (χ0v) is 8.93. The molecule has 0 saturated carbocycles. The van der Waals surface area contributed by atoms with Crippen LogP contribution in [0.3, 0.4) is 0 Å². The second kappa shape index (κ2) is 4.01. The standard InChI is InChI=1S/C12H18N2/c1-9-3-4-10(2)12(7-9)14-11-5-6-13-8-11/h3-4,7,11,13-14H,5-6,8H2,1-2H3. The van der Waals surface area contributed by atoms with Crippen molar-refractivity contribution in [1.29, 1.82) is 0 Å². The molecule has 2 rings (SSSR count). The van der Waals surface area contributed by atoms with E-state index in [0.29, 0.717) is 6.04 Å². The summed E-state index contributed by atoms with van der Waals surface area (Å²) in [5, 5.41) is 6.95. The van der Waals surface area contributed by atoms with Crippen LogP contribution in [0.25, 0.3) is 0 Å². The van der Waals surface area contributed by atoms with Gasteiger partial charge in [-0.05, 0) is 44.0 Å². The summed E-state index contributed by atoms with van der Waals surface area (Å²) in [7, 11) is 0. The fraction of sp³-hybridized carbons (Fsp3) is 0.500. The van der Waals surface area contributed by atoms with E-state index < -0.39 is 0 Å². The van der Waals surface area contributed by atoms with Crippen molar-refractivity contribution in [3.05, 3.63) is 29.3 Å². The maximum Gasteiger partial charge on any atom is 0.0398 e. The van der Waals surface area contributed by atoms with Crippen molar-refractivity contribution in [3.63, 3.8) is 0 Å². The van der Waals surface area contributed by atoms with E-state index in [4.69, 9.17) is 0 Å². The SMILES string of the molecule is Cc1ccc(C)c(NC2CCNC2)c1. The summed E-state index contributed by atoms with van der Waals surface area (Å²) in [6, 6.07) is 7.18. The lowest BCUT2D eigenvalue weighted by Crippen LogP contribution is -2.22. The van der Waals surface area contributed by atoms with Gasteiger partial charge in [-0.2, -0.15) is 0 Å². The van der Waals surface area contributed by atoms with E-state index in [2.05, 4.69) is 42.7 Å². The highest BCUT2D eigenvalue weighted by molar-refractivity contribution is 5.53. The number of hydrogen-bond acceptors (Lipinski definition) is 2. The maximum atomic E-state index is 3.59. The molecule has 0 aliphatic carbocycles. The Morgan fingerprint density at radius 3 is 2.93 bits per heavy atom. The lowest BCUT2D eigenvalue weighted by Gasteiger charge is -2.15. The van der Waals surface area contributed by atoms with Gasteiger partial charge in [-0.1, -0.05) is 12.1 Å². The summed E-state index contributed by atoms with van der Waals surface area (Å²) in [5.74, 6) is 0. The van der Waals surface area contributed by atoms with Gasteiger partial charge in [0.1, 0.15) is 0 Å². The second-order valence-electron chi connectivity index (χ2n) is 4.15. The summed E-state index contributed by atoms with van der Waals surface area (Å²) >= 11 is 0. The van der Waals surface area contributed by atoms with Crippen molar-refractivity contribution in [1.82, 2.24) is 5.32 Å². The van der Waals surface area contributed by atoms with Crippen LogP contribution in [0.5, 0.6) is 0 Å². The summed E-state index contributed by atoms with van der Waals surface area (Å²) < 4.78 is 0. The van der Waals surface area contributed by atoms with E-state index in [0.717, 1.165) is 13.1 Å². The first-order chi connectivity index (χ1) is 6.75. The molecule has 1 aliphatic heterocycles. The molecular formula is C12H18N2. The van der Waals surface area contributed by atoms with E-state index in [1.54, 1.807) is 0 Å². The van der Waals surface area contributed by atoms with Crippen molar-refractivity contribution in [3.8, 4) is 0 Å². The molecule has 2 N–H and O–H groups in total. The fourth-order valence-corrected chi connectivity index (χ4v) is 1.89. The van der Waals surface area contributed by atoms with Crippen LogP contribution in [0, 0.1) is 13.8 Å².